The van der Waals surface area contributed by atoms with E-state index in [1.165, 1.54) is 0 Å². The fourth-order valence-corrected chi connectivity index (χ4v) is 5.28. The van der Waals surface area contributed by atoms with Crippen LogP contribution in [0, 0.1) is 0 Å². The molecule has 0 aliphatic heterocycles. The van der Waals surface area contributed by atoms with E-state index in [9.17, 15) is 19.2 Å². The van der Waals surface area contributed by atoms with Crippen LogP contribution in [-0.2, 0) is 0 Å². The minimum atomic E-state index is -0.828. The number of aromatic nitrogens is 2. The number of hydrogen-bond acceptors (Lipinski definition) is 6. The monoisotopic (exact) mass is 492 g/mol. The zero-order chi connectivity index (χ0) is 26.0. The fourth-order valence-electron chi connectivity index (χ4n) is 5.28. The summed E-state index contributed by atoms with van der Waals surface area (Å²) < 4.78 is 0. The molecule has 1 heterocycles. The van der Waals surface area contributed by atoms with Crippen LogP contribution in [0.4, 0.5) is 0 Å². The van der Waals surface area contributed by atoms with Crippen molar-refractivity contribution in [3.05, 3.63) is 138 Å². The highest BCUT2D eigenvalue weighted by molar-refractivity contribution is 6.17. The van der Waals surface area contributed by atoms with E-state index in [0.29, 0.717) is 27.8 Å². The van der Waals surface area contributed by atoms with E-state index < -0.39 is 21.7 Å². The molecule has 2 aliphatic carbocycles. The fraction of sp³-hybridized carbons (Fsp3) is 0. The van der Waals surface area contributed by atoms with Gasteiger partial charge in [-0.2, -0.15) is 0 Å². The Morgan fingerprint density at radius 3 is 1.24 bits per heavy atom. The van der Waals surface area contributed by atoms with Gasteiger partial charge < -0.3 is 0 Å². The summed E-state index contributed by atoms with van der Waals surface area (Å²) in [4.78, 5) is 63.5. The predicted octanol–water partition coefficient (Wildman–Crippen LogP) is 4.64. The van der Waals surface area contributed by atoms with Crippen molar-refractivity contribution in [2.75, 3.05) is 0 Å². The highest BCUT2D eigenvalue weighted by atomic mass is 16.2. The van der Waals surface area contributed by atoms with Gasteiger partial charge in [-0.25, -0.2) is 9.97 Å². The van der Waals surface area contributed by atoms with E-state index in [0.717, 1.165) is 0 Å². The molecule has 2 aliphatic rings. The van der Waals surface area contributed by atoms with E-state index in [2.05, 4.69) is 9.97 Å². The first-order valence-electron chi connectivity index (χ1n) is 12.0. The van der Waals surface area contributed by atoms with Crippen LogP contribution in [-0.4, -0.2) is 9.97 Å². The molecule has 0 atom stereocenters. The molecule has 0 radical (unpaired) electrons. The lowest BCUT2D eigenvalue weighted by atomic mass is 9.82. The second-order valence-electron chi connectivity index (χ2n) is 9.13. The van der Waals surface area contributed by atoms with Gasteiger partial charge >= 0.3 is 0 Å². The van der Waals surface area contributed by atoms with Crippen LogP contribution in [0.25, 0.3) is 66.6 Å². The third kappa shape index (κ3) is 3.01. The van der Waals surface area contributed by atoms with E-state index in [-0.39, 0.29) is 38.8 Å². The number of nitrogens with zero attached hydrogens (tertiary/aromatic N) is 2. The van der Waals surface area contributed by atoms with Crippen LogP contribution in [0.3, 0.4) is 0 Å². The quantitative estimate of drug-likeness (QED) is 0.263. The molecule has 0 saturated heterocycles. The number of hydrogen-bond donors (Lipinski definition) is 0. The van der Waals surface area contributed by atoms with E-state index in [4.69, 9.17) is 0 Å². The third-order valence-electron chi connectivity index (χ3n) is 6.98. The smallest absolute Gasteiger partial charge is 0.252 e. The molecule has 1 aromatic heterocycles. The summed E-state index contributed by atoms with van der Waals surface area (Å²) in [6.07, 6.45) is 0. The van der Waals surface area contributed by atoms with Crippen LogP contribution in [0.2, 0.25) is 0 Å². The summed E-state index contributed by atoms with van der Waals surface area (Å²) in [5.41, 5.74) is -0.0995. The number of benzene rings is 6. The standard InChI is InChI=1S/C32H16N2O4/c35-28-22-20(17-10-4-1-5-11-17)16-21(18-12-6-2-7-13-18)23-24(22)25-26(30(28)37)33-32(19-14-8-3-9-15-19)34-27(25)31(38)29(23)36/h1-16H. The summed E-state index contributed by atoms with van der Waals surface area (Å²) in [6.45, 7) is 0. The molecule has 0 spiro atoms. The topological polar surface area (TPSA) is 94.1 Å². The molecule has 4 aromatic carbocycles. The molecule has 6 nitrogen and oxygen atoms in total. The molecule has 0 N–H and O–H groups in total. The van der Waals surface area contributed by atoms with Crippen molar-refractivity contribution in [1.82, 2.24) is 9.97 Å². The summed E-state index contributed by atoms with van der Waals surface area (Å²) in [6, 6.07) is 29.0. The molecular formula is C32H16N2O4. The van der Waals surface area contributed by atoms with Gasteiger partial charge in [0.15, 0.2) is 5.82 Å². The van der Waals surface area contributed by atoms with Gasteiger partial charge in [0.25, 0.3) is 10.9 Å². The Labute approximate surface area is 214 Å². The summed E-state index contributed by atoms with van der Waals surface area (Å²) in [5, 5.41) is 0.197. The lowest BCUT2D eigenvalue weighted by Gasteiger charge is -2.19. The molecule has 38 heavy (non-hydrogen) atoms. The minimum Gasteiger partial charge on any atom is -0.285 e. The van der Waals surface area contributed by atoms with Gasteiger partial charge in [0.2, 0.25) is 10.9 Å². The first-order chi connectivity index (χ1) is 18.5. The molecule has 0 fully saturated rings. The molecule has 6 heteroatoms. The summed E-state index contributed by atoms with van der Waals surface area (Å²) >= 11 is 0. The van der Waals surface area contributed by atoms with Crippen molar-refractivity contribution >= 4 is 21.8 Å². The number of rotatable bonds is 3. The molecule has 0 unspecified atom stereocenters. The third-order valence-corrected chi connectivity index (χ3v) is 6.98. The molecule has 7 rings (SSSR count). The Morgan fingerprint density at radius 1 is 0.421 bits per heavy atom. The van der Waals surface area contributed by atoms with Crippen molar-refractivity contribution in [1.29, 1.82) is 0 Å². The van der Waals surface area contributed by atoms with Gasteiger partial charge in [0, 0.05) is 27.5 Å². The average molecular weight is 492 g/mol. The van der Waals surface area contributed by atoms with Crippen LogP contribution < -0.4 is 21.7 Å². The first kappa shape index (κ1) is 21.9. The maximum Gasteiger partial charge on any atom is 0.252 e. The highest BCUT2D eigenvalue weighted by Gasteiger charge is 2.31. The lowest BCUT2D eigenvalue weighted by molar-refractivity contribution is 1.23. The van der Waals surface area contributed by atoms with Crippen LogP contribution >= 0.6 is 0 Å². The molecule has 5 aromatic rings. The summed E-state index contributed by atoms with van der Waals surface area (Å²) in [7, 11) is 0. The van der Waals surface area contributed by atoms with Crippen molar-refractivity contribution in [3.63, 3.8) is 0 Å². The summed E-state index contributed by atoms with van der Waals surface area (Å²) in [5.74, 6) is 0.107. The van der Waals surface area contributed by atoms with Gasteiger partial charge in [-0.1, -0.05) is 91.0 Å². The second-order valence-corrected chi connectivity index (χ2v) is 9.13. The van der Waals surface area contributed by atoms with Crippen LogP contribution in [0.15, 0.2) is 116 Å². The predicted molar refractivity (Wildman–Crippen MR) is 149 cm³/mol. The van der Waals surface area contributed by atoms with E-state index in [1.54, 1.807) is 30.3 Å². The van der Waals surface area contributed by atoms with E-state index >= 15 is 0 Å². The minimum absolute atomic E-state index is 0.0987. The Kier molecular flexibility index (Phi) is 4.65. The second kappa shape index (κ2) is 8.08. The van der Waals surface area contributed by atoms with E-state index in [1.807, 2.05) is 66.7 Å². The largest absolute Gasteiger partial charge is 0.285 e. The molecule has 178 valence electrons. The maximum absolute atomic E-state index is 13.7. The molecule has 0 saturated carbocycles. The Balaban J connectivity index is 1.77. The van der Waals surface area contributed by atoms with Gasteiger partial charge in [-0.05, 0) is 28.3 Å². The Morgan fingerprint density at radius 2 is 0.816 bits per heavy atom. The van der Waals surface area contributed by atoms with Crippen LogP contribution in [0.1, 0.15) is 0 Å². The van der Waals surface area contributed by atoms with Crippen molar-refractivity contribution < 1.29 is 0 Å². The van der Waals surface area contributed by atoms with Gasteiger partial charge in [0.1, 0.15) is 11.0 Å². The Bertz CT molecular complexity index is 2050. The normalized spacial score (nSPS) is 11.6. The van der Waals surface area contributed by atoms with Crippen LogP contribution in [0.5, 0.6) is 0 Å². The van der Waals surface area contributed by atoms with Gasteiger partial charge in [-0.3, -0.25) is 19.2 Å². The first-order valence-corrected chi connectivity index (χ1v) is 12.0. The molecule has 0 amide bonds. The van der Waals surface area contributed by atoms with Crippen molar-refractivity contribution in [2.45, 2.75) is 0 Å². The van der Waals surface area contributed by atoms with Gasteiger partial charge in [0.05, 0.1) is 0 Å². The molecular weight excluding hydrogens is 476 g/mol. The lowest BCUT2D eigenvalue weighted by Crippen LogP contribution is -2.33. The van der Waals surface area contributed by atoms with Gasteiger partial charge in [-0.15, -0.1) is 0 Å². The Hall–Kier alpha value is -5.36. The highest BCUT2D eigenvalue weighted by Crippen LogP contribution is 2.43. The van der Waals surface area contributed by atoms with Crippen molar-refractivity contribution in [2.24, 2.45) is 0 Å². The zero-order valence-corrected chi connectivity index (χ0v) is 19.8. The van der Waals surface area contributed by atoms with Crippen molar-refractivity contribution in [3.8, 4) is 44.8 Å². The maximum atomic E-state index is 13.7. The SMILES string of the molecule is O=c1c(=O)c2c(-c3ccccc3)cc(-c3ccccc3)c3c2-c2c1nc(-c1ccccc1)nc2c(=O)c3=O. The zero-order valence-electron chi connectivity index (χ0n) is 19.8. The average Bonchev–Trinajstić information content (AvgIpc) is 2.98. The molecule has 0 bridgehead atoms.